The summed E-state index contributed by atoms with van der Waals surface area (Å²) in [5, 5.41) is 9.16. The summed E-state index contributed by atoms with van der Waals surface area (Å²) in [7, 11) is 0. The van der Waals surface area contributed by atoms with E-state index in [4.69, 9.17) is 10.00 Å². The molecule has 1 heterocycles. The number of ether oxygens (including phenoxy) is 1. The molecule has 1 amide bonds. The van der Waals surface area contributed by atoms with Crippen molar-refractivity contribution < 1.29 is 9.53 Å². The first-order chi connectivity index (χ1) is 8.57. The summed E-state index contributed by atoms with van der Waals surface area (Å²) in [6.07, 6.45) is 3.67. The van der Waals surface area contributed by atoms with Gasteiger partial charge in [0.25, 0.3) is 0 Å². The molecule has 0 radical (unpaired) electrons. The predicted molar refractivity (Wildman–Crippen MR) is 69.9 cm³/mol. The molecule has 0 aromatic rings. The smallest absolute Gasteiger partial charge is 0.242 e. The largest absolute Gasteiger partial charge is 0.376 e. The molecule has 4 heteroatoms. The average molecular weight is 252 g/mol. The predicted octanol–water partition coefficient (Wildman–Crippen LogP) is 2.34. The summed E-state index contributed by atoms with van der Waals surface area (Å²) < 4.78 is 5.72. The zero-order valence-corrected chi connectivity index (χ0v) is 11.7. The maximum atomic E-state index is 12.3. The third-order valence-corrected chi connectivity index (χ3v) is 3.65. The highest BCUT2D eigenvalue weighted by atomic mass is 16.5. The van der Waals surface area contributed by atoms with Crippen molar-refractivity contribution in [3.05, 3.63) is 0 Å². The quantitative estimate of drug-likeness (QED) is 0.754. The Bertz CT molecular complexity index is 324. The first-order valence-electron chi connectivity index (χ1n) is 6.89. The number of amides is 1. The molecule has 1 aliphatic rings. The molecule has 1 rings (SSSR count). The molecule has 0 aliphatic carbocycles. The Morgan fingerprint density at radius 2 is 2.28 bits per heavy atom. The number of nitrogens with zero attached hydrogens (tertiary/aromatic N) is 2. The van der Waals surface area contributed by atoms with Crippen molar-refractivity contribution >= 4 is 5.91 Å². The van der Waals surface area contributed by atoms with Gasteiger partial charge in [0, 0.05) is 19.7 Å². The molecule has 2 unspecified atom stereocenters. The number of carbonyl (C=O) groups excluding carboxylic acids is 1. The number of nitriles is 1. The van der Waals surface area contributed by atoms with Gasteiger partial charge in [0.2, 0.25) is 5.91 Å². The fourth-order valence-electron chi connectivity index (χ4n) is 2.17. The van der Waals surface area contributed by atoms with E-state index >= 15 is 0 Å². The number of carbonyl (C=O) groups is 1. The minimum Gasteiger partial charge on any atom is -0.376 e. The third-order valence-electron chi connectivity index (χ3n) is 3.65. The molecule has 0 bridgehead atoms. The Morgan fingerprint density at radius 1 is 1.56 bits per heavy atom. The molecule has 0 N–H and O–H groups in total. The van der Waals surface area contributed by atoms with Gasteiger partial charge in [-0.05, 0) is 32.6 Å². The van der Waals surface area contributed by atoms with E-state index in [9.17, 15) is 4.79 Å². The Morgan fingerprint density at radius 3 is 2.83 bits per heavy atom. The molecular formula is C14H24N2O2. The maximum absolute atomic E-state index is 12.3. The van der Waals surface area contributed by atoms with Crippen LogP contribution in [-0.4, -0.2) is 36.6 Å². The van der Waals surface area contributed by atoms with Crippen LogP contribution in [0.1, 0.15) is 46.5 Å². The number of hydrogen-bond donors (Lipinski definition) is 0. The highest BCUT2D eigenvalue weighted by Crippen LogP contribution is 2.25. The van der Waals surface area contributed by atoms with Gasteiger partial charge in [0.05, 0.1) is 12.2 Å². The molecular weight excluding hydrogens is 228 g/mol. The Balaban J connectivity index is 2.61. The van der Waals surface area contributed by atoms with Gasteiger partial charge in [-0.1, -0.05) is 13.8 Å². The van der Waals surface area contributed by atoms with E-state index in [2.05, 4.69) is 13.0 Å². The molecule has 1 fully saturated rings. The number of piperidine rings is 1. The molecule has 102 valence electrons. The van der Waals surface area contributed by atoms with Gasteiger partial charge >= 0.3 is 0 Å². The SMILES string of the molecule is CCCOC1CCCN(C(=O)C(C)(C#N)CC)C1. The van der Waals surface area contributed by atoms with Crippen LogP contribution < -0.4 is 0 Å². The lowest BCUT2D eigenvalue weighted by atomic mass is 9.87. The molecule has 18 heavy (non-hydrogen) atoms. The monoisotopic (exact) mass is 252 g/mol. The molecule has 0 aromatic carbocycles. The highest BCUT2D eigenvalue weighted by Gasteiger charge is 2.37. The van der Waals surface area contributed by atoms with Crippen LogP contribution in [0.5, 0.6) is 0 Å². The van der Waals surface area contributed by atoms with Crippen LogP contribution in [0.25, 0.3) is 0 Å². The van der Waals surface area contributed by atoms with Crippen molar-refractivity contribution in [2.45, 2.75) is 52.6 Å². The fraction of sp³-hybridized carbons (Fsp3) is 0.857. The number of hydrogen-bond acceptors (Lipinski definition) is 3. The van der Waals surface area contributed by atoms with E-state index in [1.54, 1.807) is 11.8 Å². The Kier molecular flexibility index (Phi) is 5.61. The van der Waals surface area contributed by atoms with Crippen LogP contribution in [-0.2, 0) is 9.53 Å². The van der Waals surface area contributed by atoms with E-state index in [-0.39, 0.29) is 12.0 Å². The fourth-order valence-corrected chi connectivity index (χ4v) is 2.17. The summed E-state index contributed by atoms with van der Waals surface area (Å²) in [5.41, 5.74) is -0.882. The molecule has 2 atom stereocenters. The summed E-state index contributed by atoms with van der Waals surface area (Å²) >= 11 is 0. The van der Waals surface area contributed by atoms with E-state index in [1.165, 1.54) is 0 Å². The van der Waals surface area contributed by atoms with Gasteiger partial charge in [-0.3, -0.25) is 4.79 Å². The Hall–Kier alpha value is -1.08. The van der Waals surface area contributed by atoms with Crippen molar-refractivity contribution in [3.63, 3.8) is 0 Å². The number of rotatable bonds is 5. The van der Waals surface area contributed by atoms with Crippen molar-refractivity contribution in [3.8, 4) is 6.07 Å². The first kappa shape index (κ1) is 15.0. The Labute approximate surface area is 110 Å². The third kappa shape index (κ3) is 3.46. The molecule has 1 saturated heterocycles. The van der Waals surface area contributed by atoms with Crippen LogP contribution in [0.4, 0.5) is 0 Å². The van der Waals surface area contributed by atoms with Gasteiger partial charge in [-0.15, -0.1) is 0 Å². The minimum atomic E-state index is -0.882. The van der Waals surface area contributed by atoms with Gasteiger partial charge in [0.1, 0.15) is 5.41 Å². The standard InChI is InChI=1S/C14H24N2O2/c1-4-9-18-12-7-6-8-16(10-12)13(17)14(3,5-2)11-15/h12H,4-10H2,1-3H3. The van der Waals surface area contributed by atoms with Crippen LogP contribution in [0.2, 0.25) is 0 Å². The second-order valence-corrected chi connectivity index (χ2v) is 5.18. The van der Waals surface area contributed by atoms with Gasteiger partial charge in [-0.2, -0.15) is 5.26 Å². The summed E-state index contributed by atoms with van der Waals surface area (Å²) in [4.78, 5) is 14.2. The van der Waals surface area contributed by atoms with E-state index in [1.807, 2.05) is 6.92 Å². The second kappa shape index (κ2) is 6.75. The number of likely N-dealkylation sites (tertiary alicyclic amines) is 1. The zero-order chi connectivity index (χ0) is 13.6. The normalized spacial score (nSPS) is 23.2. The molecule has 0 aromatic heterocycles. The zero-order valence-electron chi connectivity index (χ0n) is 11.7. The molecule has 0 saturated carbocycles. The lowest BCUT2D eigenvalue weighted by Gasteiger charge is -2.36. The van der Waals surface area contributed by atoms with Crippen LogP contribution in [0.15, 0.2) is 0 Å². The summed E-state index contributed by atoms with van der Waals surface area (Å²) in [6, 6.07) is 2.15. The van der Waals surface area contributed by atoms with E-state index < -0.39 is 5.41 Å². The lowest BCUT2D eigenvalue weighted by Crippen LogP contribution is -2.48. The van der Waals surface area contributed by atoms with Crippen molar-refractivity contribution in [1.29, 1.82) is 5.26 Å². The minimum absolute atomic E-state index is 0.0442. The molecule has 1 aliphatic heterocycles. The van der Waals surface area contributed by atoms with Crippen LogP contribution >= 0.6 is 0 Å². The van der Waals surface area contributed by atoms with Crippen molar-refractivity contribution in [1.82, 2.24) is 4.90 Å². The summed E-state index contributed by atoms with van der Waals surface area (Å²) in [5.74, 6) is -0.0442. The highest BCUT2D eigenvalue weighted by molar-refractivity contribution is 5.85. The summed E-state index contributed by atoms with van der Waals surface area (Å²) in [6.45, 7) is 7.83. The van der Waals surface area contributed by atoms with E-state index in [0.29, 0.717) is 13.0 Å². The topological polar surface area (TPSA) is 53.3 Å². The van der Waals surface area contributed by atoms with Gasteiger partial charge < -0.3 is 9.64 Å². The van der Waals surface area contributed by atoms with Gasteiger partial charge in [0.15, 0.2) is 0 Å². The molecule has 0 spiro atoms. The lowest BCUT2D eigenvalue weighted by molar-refractivity contribution is -0.142. The second-order valence-electron chi connectivity index (χ2n) is 5.18. The first-order valence-corrected chi connectivity index (χ1v) is 6.89. The van der Waals surface area contributed by atoms with E-state index in [0.717, 1.165) is 32.4 Å². The van der Waals surface area contributed by atoms with Crippen LogP contribution in [0, 0.1) is 16.7 Å². The van der Waals surface area contributed by atoms with Crippen molar-refractivity contribution in [2.24, 2.45) is 5.41 Å². The van der Waals surface area contributed by atoms with Crippen LogP contribution in [0.3, 0.4) is 0 Å². The van der Waals surface area contributed by atoms with Crippen molar-refractivity contribution in [2.75, 3.05) is 19.7 Å². The average Bonchev–Trinajstić information content (AvgIpc) is 2.43. The molecule has 4 nitrogen and oxygen atoms in total. The maximum Gasteiger partial charge on any atom is 0.242 e. The van der Waals surface area contributed by atoms with Gasteiger partial charge in [-0.25, -0.2) is 0 Å².